The number of rotatable bonds is 2. The Hall–Kier alpha value is -0.569. The van der Waals surface area contributed by atoms with E-state index in [4.69, 9.17) is 0 Å². The van der Waals surface area contributed by atoms with E-state index >= 15 is 0 Å². The monoisotopic (exact) mass is 492 g/mol. The molecule has 0 heterocycles. The minimum atomic E-state index is -1.50. The molecule has 0 fully saturated rings. The van der Waals surface area contributed by atoms with E-state index < -0.39 is 16.6 Å². The molecule has 2 aliphatic carbocycles. The Morgan fingerprint density at radius 3 is 1.27 bits per heavy atom. The Morgan fingerprint density at radius 2 is 0.933 bits per heavy atom. The summed E-state index contributed by atoms with van der Waals surface area (Å²) in [5.74, 6) is 0. The summed E-state index contributed by atoms with van der Waals surface area (Å²) in [7, 11) is 0. The average molecular weight is 493 g/mol. The fourth-order valence-corrected chi connectivity index (χ4v) is 19.6. The van der Waals surface area contributed by atoms with Crippen molar-refractivity contribution in [1.82, 2.24) is 0 Å². The minimum Gasteiger partial charge on any atom is -0.147 e. The van der Waals surface area contributed by atoms with E-state index in [1.54, 1.807) is 22.3 Å². The molecule has 2 aromatic rings. The molecule has 4 rings (SSSR count). The third kappa shape index (κ3) is 3.98. The van der Waals surface area contributed by atoms with Crippen molar-refractivity contribution in [2.45, 2.75) is 63.1 Å². The van der Waals surface area contributed by atoms with Crippen LogP contribution in [0.25, 0.3) is 12.2 Å². The minimum absolute atomic E-state index is 0. The van der Waals surface area contributed by atoms with Crippen LogP contribution in [0.15, 0.2) is 35.4 Å². The van der Waals surface area contributed by atoms with Crippen molar-refractivity contribution in [2.24, 2.45) is 0 Å². The predicted octanol–water partition coefficient (Wildman–Crippen LogP) is 8.25. The molecular formula is C26H34Cl2SiTi. The maximum absolute atomic E-state index is 2.60. The van der Waals surface area contributed by atoms with Crippen molar-refractivity contribution in [3.63, 3.8) is 0 Å². The first-order valence-electron chi connectivity index (χ1n) is 10.5. The van der Waals surface area contributed by atoms with Crippen molar-refractivity contribution in [3.8, 4) is 0 Å². The van der Waals surface area contributed by atoms with E-state index in [2.05, 4.69) is 91.1 Å². The summed E-state index contributed by atoms with van der Waals surface area (Å²) in [4.78, 5) is 0. The number of aryl methyl sites for hydroxylation is 4. The van der Waals surface area contributed by atoms with Crippen molar-refractivity contribution in [3.05, 3.63) is 79.9 Å². The molecule has 2 atom stereocenters. The van der Waals surface area contributed by atoms with Crippen molar-refractivity contribution >= 4 is 43.2 Å². The molecule has 0 N–H and O–H groups in total. The molecule has 0 amide bonds. The standard InChI is InChI=1S/2C12H13.C2H6Si.2ClH.Ti/c2*1-8-6-11-9(2)4-5-10(3)12(11)7-8;1-3-2;;;/h2*4-7H,1-3H3;1-2H3;2*1H;. The summed E-state index contributed by atoms with van der Waals surface area (Å²) < 4.78 is 1.44. The summed E-state index contributed by atoms with van der Waals surface area (Å²) in [5, 5.41) is 0. The van der Waals surface area contributed by atoms with Gasteiger partial charge in [0.1, 0.15) is 0 Å². The van der Waals surface area contributed by atoms with Crippen LogP contribution in [0.3, 0.4) is 0 Å². The molecule has 2 unspecified atom stereocenters. The molecule has 4 heteroatoms. The fourth-order valence-electron chi connectivity index (χ4n) is 5.48. The Balaban J connectivity index is 0.00000160. The summed E-state index contributed by atoms with van der Waals surface area (Å²) in [6, 6.07) is 9.35. The van der Waals surface area contributed by atoms with Gasteiger partial charge in [0.2, 0.25) is 0 Å². The van der Waals surface area contributed by atoms with Gasteiger partial charge in [0, 0.05) is 0 Å². The summed E-state index contributed by atoms with van der Waals surface area (Å²) in [6.45, 7) is 19.3. The molecule has 0 spiro atoms. The van der Waals surface area contributed by atoms with Gasteiger partial charge < -0.3 is 0 Å². The van der Waals surface area contributed by atoms with E-state index in [0.717, 1.165) is 8.45 Å². The molecule has 2 aliphatic rings. The number of hydrogen-bond acceptors (Lipinski definition) is 0. The zero-order chi connectivity index (χ0) is 20.3. The first-order chi connectivity index (χ1) is 13.2. The number of hydrogen-bond donors (Lipinski definition) is 0. The fraction of sp³-hybridized carbons (Fsp3) is 0.385. The zero-order valence-corrected chi connectivity index (χ0v) is 23.6. The summed E-state index contributed by atoms with van der Waals surface area (Å²) >= 11 is -1.50. The molecule has 160 valence electrons. The second kappa shape index (κ2) is 9.51. The first-order valence-corrected chi connectivity index (χ1v) is 17.1. The maximum atomic E-state index is 2.60. The van der Waals surface area contributed by atoms with Crippen molar-refractivity contribution in [1.29, 1.82) is 0 Å². The second-order valence-electron chi connectivity index (χ2n) is 9.15. The molecule has 0 saturated carbocycles. The van der Waals surface area contributed by atoms with Gasteiger partial charge in [-0.25, -0.2) is 0 Å². The largest absolute Gasteiger partial charge is 0.147 e. The van der Waals surface area contributed by atoms with Crippen LogP contribution < -0.4 is 0 Å². The van der Waals surface area contributed by atoms with Gasteiger partial charge in [-0.3, -0.25) is 0 Å². The molecule has 30 heavy (non-hydrogen) atoms. The van der Waals surface area contributed by atoms with Gasteiger partial charge >= 0.3 is 178 Å². The number of fused-ring (bicyclic) bond motifs is 2. The number of allylic oxidation sites excluding steroid dienone is 2. The zero-order valence-electron chi connectivity index (χ0n) is 19.4. The summed E-state index contributed by atoms with van der Waals surface area (Å²) in [5.41, 5.74) is 15.6. The van der Waals surface area contributed by atoms with Crippen LogP contribution in [-0.4, -0.2) is 6.19 Å². The first kappa shape index (κ1) is 25.7. The Morgan fingerprint density at radius 1 is 0.600 bits per heavy atom. The van der Waals surface area contributed by atoms with E-state index in [9.17, 15) is 0 Å². The summed E-state index contributed by atoms with van der Waals surface area (Å²) in [6.07, 6.45) is 4.69. The van der Waals surface area contributed by atoms with Crippen molar-refractivity contribution < 1.29 is 16.6 Å². The van der Waals surface area contributed by atoms with Crippen LogP contribution in [0.2, 0.25) is 13.1 Å². The van der Waals surface area contributed by atoms with Crippen LogP contribution in [0, 0.1) is 27.7 Å². The molecular weight excluding hydrogens is 459 g/mol. The third-order valence-corrected chi connectivity index (χ3v) is 20.1. The number of halogens is 2. The van der Waals surface area contributed by atoms with Crippen LogP contribution in [0.1, 0.15) is 66.8 Å². The molecule has 0 nitrogen and oxygen atoms in total. The Bertz CT molecular complexity index is 1020. The van der Waals surface area contributed by atoms with E-state index in [1.807, 2.05) is 0 Å². The van der Waals surface area contributed by atoms with Crippen molar-refractivity contribution in [2.75, 3.05) is 0 Å². The Labute approximate surface area is 201 Å². The van der Waals surface area contributed by atoms with Gasteiger partial charge in [0.05, 0.1) is 0 Å². The maximum Gasteiger partial charge on any atom is -0.147 e. The molecule has 0 aliphatic heterocycles. The van der Waals surface area contributed by atoms with Gasteiger partial charge in [-0.1, -0.05) is 0 Å². The third-order valence-electron chi connectivity index (χ3n) is 6.88. The average Bonchev–Trinajstić information content (AvgIpc) is 3.15. The van der Waals surface area contributed by atoms with E-state index in [0.29, 0.717) is 0 Å². The Kier molecular flexibility index (Phi) is 8.14. The van der Waals surface area contributed by atoms with Crippen LogP contribution in [-0.2, 0) is 16.6 Å². The molecule has 0 aromatic heterocycles. The SMILES string of the molecule is CC1=Cc2c(C)ccc(C)c2[CH]1[Ti]([CH]1C(C)=Cc2c(C)ccc(C)c21)=[Si](C)C.Cl.Cl. The van der Waals surface area contributed by atoms with Gasteiger partial charge in [-0.2, -0.15) is 0 Å². The quantitative estimate of drug-likeness (QED) is 0.370. The second-order valence-corrected chi connectivity index (χ2v) is 21.4. The van der Waals surface area contributed by atoms with Gasteiger partial charge in [-0.15, -0.1) is 24.8 Å². The number of benzene rings is 2. The van der Waals surface area contributed by atoms with Crippen LogP contribution >= 0.6 is 24.8 Å². The van der Waals surface area contributed by atoms with Crippen LogP contribution in [0.4, 0.5) is 0 Å². The van der Waals surface area contributed by atoms with Crippen LogP contribution in [0.5, 0.6) is 0 Å². The molecule has 0 saturated heterocycles. The van der Waals surface area contributed by atoms with Gasteiger partial charge in [0.25, 0.3) is 0 Å². The molecule has 0 bridgehead atoms. The molecule has 2 aromatic carbocycles. The normalized spacial score (nSPS) is 18.5. The van der Waals surface area contributed by atoms with Gasteiger partial charge in [-0.05, 0) is 0 Å². The van der Waals surface area contributed by atoms with Gasteiger partial charge in [0.15, 0.2) is 0 Å². The molecule has 0 radical (unpaired) electrons. The van der Waals surface area contributed by atoms with E-state index in [-0.39, 0.29) is 31.0 Å². The predicted molar refractivity (Wildman–Crippen MR) is 137 cm³/mol. The smallest absolute Gasteiger partial charge is 0.147 e. The van der Waals surface area contributed by atoms with E-state index in [1.165, 1.54) is 33.4 Å². The topological polar surface area (TPSA) is 0 Å².